The number of carbonyl (C=O) groups excluding carboxylic acids is 2. The van der Waals surface area contributed by atoms with E-state index in [0.717, 1.165) is 63.4 Å². The van der Waals surface area contributed by atoms with Crippen LogP contribution in [-0.2, 0) is 19.1 Å². The van der Waals surface area contributed by atoms with Crippen LogP contribution in [0.5, 0.6) is 0 Å². The van der Waals surface area contributed by atoms with Gasteiger partial charge in [-0.3, -0.25) is 9.59 Å². The van der Waals surface area contributed by atoms with Gasteiger partial charge in [0.05, 0.1) is 6.61 Å². The fourth-order valence-corrected chi connectivity index (χ4v) is 2.63. The average molecular weight is 393 g/mol. The predicted octanol–water partition coefficient (Wildman–Crippen LogP) is 5.99. The molecule has 4 heteroatoms. The fourth-order valence-electron chi connectivity index (χ4n) is 2.63. The molecule has 1 atom stereocenters. The van der Waals surface area contributed by atoms with Gasteiger partial charge in [-0.15, -0.1) is 0 Å². The van der Waals surface area contributed by atoms with E-state index < -0.39 is 0 Å². The zero-order valence-corrected chi connectivity index (χ0v) is 18.5. The minimum absolute atomic E-state index is 0.0816. The molecule has 4 nitrogen and oxygen atoms in total. The smallest absolute Gasteiger partial charge is 0.307 e. The van der Waals surface area contributed by atoms with Crippen molar-refractivity contribution < 1.29 is 19.1 Å². The number of ether oxygens (including phenoxy) is 2. The van der Waals surface area contributed by atoms with Gasteiger partial charge in [0.25, 0.3) is 0 Å². The molecule has 1 unspecified atom stereocenters. The van der Waals surface area contributed by atoms with Gasteiger partial charge in [-0.05, 0) is 44.1 Å². The SMILES string of the molecule is C=C(C)C#CC(CC(C)C)OC(=O)CCCCCCCCC(=O)OCCCC. The molecule has 28 heavy (non-hydrogen) atoms. The Morgan fingerprint density at radius 2 is 1.50 bits per heavy atom. The third-order valence-electron chi connectivity index (χ3n) is 4.18. The van der Waals surface area contributed by atoms with Crippen LogP contribution in [0.15, 0.2) is 12.2 Å². The lowest BCUT2D eigenvalue weighted by atomic mass is 10.1. The first kappa shape index (κ1) is 26.2. The van der Waals surface area contributed by atoms with Gasteiger partial charge in [0.2, 0.25) is 0 Å². The van der Waals surface area contributed by atoms with Crippen LogP contribution >= 0.6 is 0 Å². The first-order valence-electron chi connectivity index (χ1n) is 10.9. The zero-order chi connectivity index (χ0) is 21.2. The van der Waals surface area contributed by atoms with Crippen LogP contribution < -0.4 is 0 Å². The van der Waals surface area contributed by atoms with Crippen molar-refractivity contribution >= 4 is 11.9 Å². The molecule has 0 bridgehead atoms. The van der Waals surface area contributed by atoms with Crippen LogP contribution in [0.25, 0.3) is 0 Å². The summed E-state index contributed by atoms with van der Waals surface area (Å²) in [5, 5.41) is 0. The number of rotatable bonds is 15. The first-order chi connectivity index (χ1) is 13.3. The Morgan fingerprint density at radius 3 is 2.04 bits per heavy atom. The third kappa shape index (κ3) is 17.6. The second kappa shape index (κ2) is 17.3. The van der Waals surface area contributed by atoms with Crippen molar-refractivity contribution in [1.29, 1.82) is 0 Å². The molecular weight excluding hydrogens is 352 g/mol. The lowest BCUT2D eigenvalue weighted by Crippen LogP contribution is -2.18. The lowest BCUT2D eigenvalue weighted by Gasteiger charge is -2.14. The maximum absolute atomic E-state index is 12.0. The minimum atomic E-state index is -0.346. The van der Waals surface area contributed by atoms with E-state index in [1.165, 1.54) is 0 Å². The Labute approximate surface area is 172 Å². The molecular formula is C24H40O4. The number of allylic oxidation sites excluding steroid dienone is 1. The summed E-state index contributed by atoms with van der Waals surface area (Å²) >= 11 is 0. The average Bonchev–Trinajstić information content (AvgIpc) is 2.61. The molecule has 0 N–H and O–H groups in total. The largest absolute Gasteiger partial charge is 0.466 e. The fraction of sp³-hybridized carbons (Fsp3) is 0.750. The topological polar surface area (TPSA) is 52.6 Å². The van der Waals surface area contributed by atoms with Crippen LogP contribution in [0.4, 0.5) is 0 Å². The van der Waals surface area contributed by atoms with Crippen molar-refractivity contribution in [3.63, 3.8) is 0 Å². The summed E-state index contributed by atoms with van der Waals surface area (Å²) in [4.78, 5) is 23.5. The summed E-state index contributed by atoms with van der Waals surface area (Å²) < 4.78 is 10.7. The van der Waals surface area contributed by atoms with Crippen molar-refractivity contribution in [2.45, 2.75) is 104 Å². The Morgan fingerprint density at radius 1 is 0.929 bits per heavy atom. The third-order valence-corrected chi connectivity index (χ3v) is 4.18. The Balaban J connectivity index is 3.79. The molecule has 0 aromatic carbocycles. The summed E-state index contributed by atoms with van der Waals surface area (Å²) in [6, 6.07) is 0. The molecule has 160 valence electrons. The Hall–Kier alpha value is -1.76. The first-order valence-corrected chi connectivity index (χ1v) is 10.9. The molecule has 0 aliphatic carbocycles. The van der Waals surface area contributed by atoms with E-state index in [1.54, 1.807) is 0 Å². The summed E-state index contributed by atoms with van der Waals surface area (Å²) in [5.41, 5.74) is 0.777. The van der Waals surface area contributed by atoms with Crippen molar-refractivity contribution in [1.82, 2.24) is 0 Å². The van der Waals surface area contributed by atoms with Gasteiger partial charge >= 0.3 is 11.9 Å². The van der Waals surface area contributed by atoms with Crippen LogP contribution in [0.2, 0.25) is 0 Å². The molecule has 0 aromatic rings. The summed E-state index contributed by atoms with van der Waals surface area (Å²) in [7, 11) is 0. The van der Waals surface area contributed by atoms with Crippen LogP contribution in [0.1, 0.15) is 98.3 Å². The maximum Gasteiger partial charge on any atom is 0.307 e. The van der Waals surface area contributed by atoms with Crippen LogP contribution in [0.3, 0.4) is 0 Å². The molecule has 0 spiro atoms. The second-order valence-corrected chi connectivity index (χ2v) is 7.85. The highest BCUT2D eigenvalue weighted by atomic mass is 16.5. The molecule has 0 amide bonds. The number of carbonyl (C=O) groups is 2. The quantitative estimate of drug-likeness (QED) is 0.195. The van der Waals surface area contributed by atoms with Gasteiger partial charge in [-0.2, -0.15) is 0 Å². The van der Waals surface area contributed by atoms with E-state index in [2.05, 4.69) is 39.2 Å². The van der Waals surface area contributed by atoms with Gasteiger partial charge in [0, 0.05) is 12.8 Å². The van der Waals surface area contributed by atoms with Crippen molar-refractivity contribution in [2.75, 3.05) is 6.61 Å². The standard InChI is InChI=1S/C24H40O4/c1-6-7-18-27-23(25)14-12-10-8-9-11-13-15-24(26)28-22(19-21(4)5)17-16-20(2)3/h21-22H,2,6-15,18-19H2,1,3-5H3. The van der Waals surface area contributed by atoms with Gasteiger partial charge in [-0.1, -0.05) is 71.3 Å². The minimum Gasteiger partial charge on any atom is -0.466 e. The number of hydrogen-bond donors (Lipinski definition) is 0. The molecule has 0 aromatic heterocycles. The summed E-state index contributed by atoms with van der Waals surface area (Å²) in [6.45, 7) is 12.4. The van der Waals surface area contributed by atoms with E-state index in [0.29, 0.717) is 25.4 Å². The van der Waals surface area contributed by atoms with Crippen LogP contribution in [0, 0.1) is 17.8 Å². The van der Waals surface area contributed by atoms with E-state index in [1.807, 2.05) is 6.92 Å². The highest BCUT2D eigenvalue weighted by Crippen LogP contribution is 2.12. The van der Waals surface area contributed by atoms with Gasteiger partial charge in [0.1, 0.15) is 0 Å². The highest BCUT2D eigenvalue weighted by molar-refractivity contribution is 5.70. The normalized spacial score (nSPS) is 11.5. The molecule has 0 heterocycles. The monoisotopic (exact) mass is 392 g/mol. The molecule has 0 saturated heterocycles. The molecule has 0 aliphatic rings. The summed E-state index contributed by atoms with van der Waals surface area (Å²) in [6.07, 6.45) is 9.22. The van der Waals surface area contributed by atoms with E-state index in [4.69, 9.17) is 9.47 Å². The number of esters is 2. The Bertz CT molecular complexity index is 510. The maximum atomic E-state index is 12.0. The van der Waals surface area contributed by atoms with Gasteiger partial charge in [-0.25, -0.2) is 0 Å². The highest BCUT2D eigenvalue weighted by Gasteiger charge is 2.13. The molecule has 0 saturated carbocycles. The van der Waals surface area contributed by atoms with Crippen molar-refractivity contribution in [3.05, 3.63) is 12.2 Å². The molecule has 0 fully saturated rings. The van der Waals surface area contributed by atoms with E-state index in [-0.39, 0.29) is 18.0 Å². The van der Waals surface area contributed by atoms with E-state index in [9.17, 15) is 9.59 Å². The van der Waals surface area contributed by atoms with Crippen molar-refractivity contribution in [2.24, 2.45) is 5.92 Å². The second-order valence-electron chi connectivity index (χ2n) is 7.85. The van der Waals surface area contributed by atoms with Gasteiger partial charge < -0.3 is 9.47 Å². The summed E-state index contributed by atoms with van der Waals surface area (Å²) in [5.74, 6) is 6.09. The number of hydrogen-bond acceptors (Lipinski definition) is 4. The molecule has 0 rings (SSSR count). The lowest BCUT2D eigenvalue weighted by molar-refractivity contribution is -0.147. The Kier molecular flexibility index (Phi) is 16.3. The zero-order valence-electron chi connectivity index (χ0n) is 18.5. The van der Waals surface area contributed by atoms with Crippen molar-refractivity contribution in [3.8, 4) is 11.8 Å². The van der Waals surface area contributed by atoms with E-state index >= 15 is 0 Å². The number of unbranched alkanes of at least 4 members (excludes halogenated alkanes) is 6. The molecule has 0 aliphatic heterocycles. The molecule has 0 radical (unpaired) electrons. The van der Waals surface area contributed by atoms with Crippen LogP contribution in [-0.4, -0.2) is 24.6 Å². The van der Waals surface area contributed by atoms with Gasteiger partial charge in [0.15, 0.2) is 6.10 Å². The predicted molar refractivity (Wildman–Crippen MR) is 115 cm³/mol.